The van der Waals surface area contributed by atoms with E-state index < -0.39 is 77.1 Å². The highest BCUT2D eigenvalue weighted by atomic mass is 32.2. The summed E-state index contributed by atoms with van der Waals surface area (Å²) in [5.74, 6) is -3.63. The predicted molar refractivity (Wildman–Crippen MR) is 172 cm³/mol. The van der Waals surface area contributed by atoms with Gasteiger partial charge in [-0.05, 0) is 35.9 Å². The van der Waals surface area contributed by atoms with Crippen molar-refractivity contribution in [3.05, 3.63) is 66.2 Å². The van der Waals surface area contributed by atoms with Crippen molar-refractivity contribution in [3.63, 3.8) is 0 Å². The van der Waals surface area contributed by atoms with Crippen LogP contribution >= 0.6 is 0 Å². The minimum atomic E-state index is -3.93. The van der Waals surface area contributed by atoms with E-state index in [0.29, 0.717) is 11.3 Å². The molecule has 0 spiro atoms. The fourth-order valence-electron chi connectivity index (χ4n) is 4.32. The van der Waals surface area contributed by atoms with Gasteiger partial charge in [-0.3, -0.25) is 28.7 Å². The standard InChI is InChI=1S/C33H40N2O13S/c1-5-26(37)43-20-24-30(45-27(38)6-2)31(46-28(39)7-3)32(47-29(40)8-4)33(44-24)48-34-25(36)18-17-21-13-12-16-23(19-21)49(41,42)35-22-14-10-9-11-15-22/h9-19,24,30-33,35H,5-8,20H2,1-4H3,(H,34,36)/b18-17+/t24-,30+,31+,32-,33+/m1/s1. The van der Waals surface area contributed by atoms with Gasteiger partial charge in [0.05, 0.1) is 4.90 Å². The van der Waals surface area contributed by atoms with Gasteiger partial charge >= 0.3 is 23.9 Å². The maximum Gasteiger partial charge on any atom is 0.306 e. The van der Waals surface area contributed by atoms with Gasteiger partial charge in [0, 0.05) is 37.4 Å². The number of sulfonamides is 1. The van der Waals surface area contributed by atoms with Crippen LogP contribution in [0.2, 0.25) is 0 Å². The number of carbonyl (C=O) groups excluding carboxylic acids is 5. The van der Waals surface area contributed by atoms with Crippen molar-refractivity contribution in [1.29, 1.82) is 0 Å². The van der Waals surface area contributed by atoms with Crippen LogP contribution in [0.25, 0.3) is 6.08 Å². The van der Waals surface area contributed by atoms with Crippen LogP contribution in [-0.2, 0) is 62.5 Å². The summed E-state index contributed by atoms with van der Waals surface area (Å²) in [5.41, 5.74) is 2.88. The van der Waals surface area contributed by atoms with Crippen LogP contribution in [-0.4, -0.2) is 75.5 Å². The molecule has 1 heterocycles. The van der Waals surface area contributed by atoms with Gasteiger partial charge in [0.1, 0.15) is 12.7 Å². The molecule has 1 amide bonds. The summed E-state index contributed by atoms with van der Waals surface area (Å²) in [6.07, 6.45) is -5.17. The molecule has 0 aliphatic carbocycles. The molecule has 0 aromatic heterocycles. The van der Waals surface area contributed by atoms with E-state index in [4.69, 9.17) is 28.5 Å². The molecule has 1 saturated heterocycles. The minimum absolute atomic E-state index is 0.0256. The largest absolute Gasteiger partial charge is 0.463 e. The Morgan fingerprint density at radius 3 is 1.96 bits per heavy atom. The number of para-hydroxylation sites is 1. The lowest BCUT2D eigenvalue weighted by molar-refractivity contribution is -0.318. The molecule has 2 aromatic rings. The molecule has 5 atom stereocenters. The first-order valence-corrected chi connectivity index (χ1v) is 17.1. The summed E-state index contributed by atoms with van der Waals surface area (Å²) in [4.78, 5) is 67.5. The maximum absolute atomic E-state index is 12.9. The molecule has 0 radical (unpaired) electrons. The Balaban J connectivity index is 1.83. The number of anilines is 1. The smallest absolute Gasteiger partial charge is 0.306 e. The number of rotatable bonds is 16. The molecule has 1 fully saturated rings. The molecule has 0 bridgehead atoms. The maximum atomic E-state index is 12.9. The number of hydrogen-bond donors (Lipinski definition) is 2. The molecule has 2 aromatic carbocycles. The molecule has 49 heavy (non-hydrogen) atoms. The molecular weight excluding hydrogens is 664 g/mol. The van der Waals surface area contributed by atoms with E-state index in [1.54, 1.807) is 43.3 Å². The van der Waals surface area contributed by atoms with Gasteiger partial charge in [0.15, 0.2) is 18.3 Å². The van der Waals surface area contributed by atoms with Crippen LogP contribution in [0.5, 0.6) is 0 Å². The second-order valence-electron chi connectivity index (χ2n) is 10.5. The highest BCUT2D eigenvalue weighted by molar-refractivity contribution is 7.92. The van der Waals surface area contributed by atoms with Crippen molar-refractivity contribution in [2.45, 2.75) is 89.0 Å². The Morgan fingerprint density at radius 2 is 1.35 bits per heavy atom. The lowest BCUT2D eigenvalue weighted by Gasteiger charge is -2.43. The molecule has 266 valence electrons. The van der Waals surface area contributed by atoms with Gasteiger partial charge < -0.3 is 23.7 Å². The van der Waals surface area contributed by atoms with Crippen LogP contribution in [0.4, 0.5) is 5.69 Å². The lowest BCUT2D eigenvalue weighted by Crippen LogP contribution is -2.63. The number of hydroxylamine groups is 1. The molecule has 0 unspecified atom stereocenters. The Hall–Kier alpha value is -4.80. The number of hydrogen-bond acceptors (Lipinski definition) is 13. The SMILES string of the molecule is CCC(=O)OC[C@H]1O[C@@H](ONC(=O)/C=C/c2cccc(S(=O)(=O)Nc3ccccc3)c2)[C@H](OC(=O)CC)[C@@H](OC(=O)CC)[C@H]1OC(=O)CC. The Labute approximate surface area is 284 Å². The van der Waals surface area contributed by atoms with E-state index in [0.717, 1.165) is 6.08 Å². The molecule has 2 N–H and O–H groups in total. The summed E-state index contributed by atoms with van der Waals surface area (Å²) in [5, 5.41) is 0. The highest BCUT2D eigenvalue weighted by Crippen LogP contribution is 2.30. The average Bonchev–Trinajstić information content (AvgIpc) is 3.10. The zero-order valence-electron chi connectivity index (χ0n) is 27.5. The molecule has 15 nitrogen and oxygen atoms in total. The van der Waals surface area contributed by atoms with Crippen LogP contribution in [0.3, 0.4) is 0 Å². The van der Waals surface area contributed by atoms with E-state index in [1.165, 1.54) is 45.0 Å². The molecule has 1 aliphatic rings. The summed E-state index contributed by atoms with van der Waals surface area (Å²) >= 11 is 0. The van der Waals surface area contributed by atoms with Crippen molar-refractivity contribution in [2.75, 3.05) is 11.3 Å². The average molecular weight is 705 g/mol. The number of esters is 4. The van der Waals surface area contributed by atoms with E-state index in [2.05, 4.69) is 10.2 Å². The molecule has 3 rings (SSSR count). The number of ether oxygens (including phenoxy) is 5. The van der Waals surface area contributed by atoms with Gasteiger partial charge in [0.25, 0.3) is 15.9 Å². The third-order valence-corrected chi connectivity index (χ3v) is 8.23. The second-order valence-corrected chi connectivity index (χ2v) is 12.1. The van der Waals surface area contributed by atoms with Crippen molar-refractivity contribution < 1.29 is 60.9 Å². The van der Waals surface area contributed by atoms with Gasteiger partial charge in [-0.1, -0.05) is 58.0 Å². The summed E-state index contributed by atoms with van der Waals surface area (Å²) in [6, 6.07) is 14.1. The van der Waals surface area contributed by atoms with Crippen LogP contribution in [0, 0.1) is 0 Å². The monoisotopic (exact) mass is 704 g/mol. The highest BCUT2D eigenvalue weighted by Gasteiger charge is 2.53. The Bertz CT molecular complexity index is 1600. The molecule has 0 saturated carbocycles. The third-order valence-electron chi connectivity index (χ3n) is 6.85. The van der Waals surface area contributed by atoms with Gasteiger partial charge in [-0.25, -0.2) is 18.7 Å². The zero-order chi connectivity index (χ0) is 36.0. The Kier molecular flexibility index (Phi) is 14.7. The van der Waals surface area contributed by atoms with Crippen LogP contribution in [0.1, 0.15) is 58.9 Å². The number of amides is 1. The van der Waals surface area contributed by atoms with E-state index in [9.17, 15) is 32.4 Å². The summed E-state index contributed by atoms with van der Waals surface area (Å²) < 4.78 is 55.9. The van der Waals surface area contributed by atoms with Gasteiger partial charge in [-0.15, -0.1) is 0 Å². The fraction of sp³-hybridized carbons (Fsp3) is 0.424. The van der Waals surface area contributed by atoms with Crippen molar-refractivity contribution in [1.82, 2.24) is 5.48 Å². The number of carbonyl (C=O) groups is 5. The van der Waals surface area contributed by atoms with Crippen molar-refractivity contribution in [3.8, 4) is 0 Å². The summed E-state index contributed by atoms with van der Waals surface area (Å²) in [7, 11) is -3.93. The van der Waals surface area contributed by atoms with Gasteiger partial charge in [0.2, 0.25) is 6.29 Å². The second kappa shape index (κ2) is 18.7. The first-order valence-electron chi connectivity index (χ1n) is 15.6. The zero-order valence-corrected chi connectivity index (χ0v) is 28.3. The topological polar surface area (TPSA) is 199 Å². The van der Waals surface area contributed by atoms with Crippen LogP contribution < -0.4 is 10.2 Å². The first kappa shape index (κ1) is 38.6. The number of nitrogens with one attached hydrogen (secondary N) is 2. The van der Waals surface area contributed by atoms with E-state index >= 15 is 0 Å². The minimum Gasteiger partial charge on any atom is -0.463 e. The first-order chi connectivity index (χ1) is 23.4. The van der Waals surface area contributed by atoms with E-state index in [1.807, 2.05) is 0 Å². The molecule has 1 aliphatic heterocycles. The fourth-order valence-corrected chi connectivity index (χ4v) is 5.43. The molecule has 16 heteroatoms. The van der Waals surface area contributed by atoms with Gasteiger partial charge in [-0.2, -0.15) is 0 Å². The van der Waals surface area contributed by atoms with E-state index in [-0.39, 0.29) is 30.6 Å². The lowest BCUT2D eigenvalue weighted by atomic mass is 9.98. The normalized spacial score (nSPS) is 20.5. The Morgan fingerprint density at radius 1 is 0.755 bits per heavy atom. The van der Waals surface area contributed by atoms with Crippen LogP contribution in [0.15, 0.2) is 65.6 Å². The molecular formula is C33H40N2O13S. The predicted octanol–water partition coefficient (Wildman–Crippen LogP) is 3.19. The van der Waals surface area contributed by atoms with Crippen molar-refractivity contribution >= 4 is 51.6 Å². The quantitative estimate of drug-likeness (QED) is 0.112. The summed E-state index contributed by atoms with van der Waals surface area (Å²) in [6.45, 7) is 5.67. The van der Waals surface area contributed by atoms with Crippen molar-refractivity contribution in [2.24, 2.45) is 0 Å². The number of benzene rings is 2. The third kappa shape index (κ3) is 11.7.